The Morgan fingerprint density at radius 1 is 1.35 bits per heavy atom. The number of benzene rings is 1. The molecular formula is C15H17N3O2. The van der Waals surface area contributed by atoms with Gasteiger partial charge in [0.1, 0.15) is 0 Å². The molecule has 0 aliphatic heterocycles. The molecule has 0 unspecified atom stereocenters. The number of aromatic nitrogens is 2. The van der Waals surface area contributed by atoms with Crippen LogP contribution in [0.3, 0.4) is 0 Å². The summed E-state index contributed by atoms with van der Waals surface area (Å²) in [5.74, 6) is -0.206. The summed E-state index contributed by atoms with van der Waals surface area (Å²) in [6.45, 7) is 8.62. The van der Waals surface area contributed by atoms with Crippen molar-refractivity contribution < 1.29 is 4.79 Å². The monoisotopic (exact) mass is 271 g/mol. The van der Waals surface area contributed by atoms with Crippen molar-refractivity contribution in [2.24, 2.45) is 0 Å². The Morgan fingerprint density at radius 2 is 2.00 bits per heavy atom. The lowest BCUT2D eigenvalue weighted by molar-refractivity contribution is 0.0773. The predicted octanol–water partition coefficient (Wildman–Crippen LogP) is 1.96. The van der Waals surface area contributed by atoms with Crippen LogP contribution in [0.25, 0.3) is 10.8 Å². The van der Waals surface area contributed by atoms with Gasteiger partial charge in [0.25, 0.3) is 11.5 Å². The van der Waals surface area contributed by atoms with Crippen LogP contribution in [0.2, 0.25) is 0 Å². The molecule has 0 radical (unpaired) electrons. The average Bonchev–Trinajstić information content (AvgIpc) is 2.44. The van der Waals surface area contributed by atoms with Gasteiger partial charge < -0.3 is 4.90 Å². The lowest BCUT2D eigenvalue weighted by atomic mass is 10.1. The number of carbonyl (C=O) groups is 1. The molecule has 1 aromatic heterocycles. The lowest BCUT2D eigenvalue weighted by Gasteiger charge is -2.20. The zero-order valence-corrected chi connectivity index (χ0v) is 11.6. The number of hydrogen-bond donors (Lipinski definition) is 1. The van der Waals surface area contributed by atoms with Crippen molar-refractivity contribution in [2.45, 2.75) is 13.8 Å². The fraction of sp³-hybridized carbons (Fsp3) is 0.267. The quantitative estimate of drug-likeness (QED) is 0.864. The molecule has 5 heteroatoms. The third kappa shape index (κ3) is 2.61. The van der Waals surface area contributed by atoms with Gasteiger partial charge in [0, 0.05) is 18.5 Å². The highest BCUT2D eigenvalue weighted by atomic mass is 16.2. The van der Waals surface area contributed by atoms with E-state index in [0.29, 0.717) is 23.9 Å². The number of carbonyl (C=O) groups excluding carboxylic acids is 1. The van der Waals surface area contributed by atoms with Crippen LogP contribution in [-0.2, 0) is 0 Å². The molecule has 1 amide bonds. The first-order chi connectivity index (χ1) is 9.54. The molecule has 0 spiro atoms. The lowest BCUT2D eigenvalue weighted by Crippen LogP contribution is -2.33. The molecule has 0 aliphatic carbocycles. The van der Waals surface area contributed by atoms with Crippen molar-refractivity contribution in [3.05, 3.63) is 52.5 Å². The van der Waals surface area contributed by atoms with Gasteiger partial charge in [-0.25, -0.2) is 5.10 Å². The minimum atomic E-state index is -0.292. The third-order valence-electron chi connectivity index (χ3n) is 3.03. The van der Waals surface area contributed by atoms with Crippen molar-refractivity contribution >= 4 is 16.7 Å². The van der Waals surface area contributed by atoms with E-state index in [1.807, 2.05) is 13.8 Å². The summed E-state index contributed by atoms with van der Waals surface area (Å²) in [7, 11) is 0. The Hall–Kier alpha value is -2.43. The molecule has 5 nitrogen and oxygen atoms in total. The summed E-state index contributed by atoms with van der Waals surface area (Å²) >= 11 is 0. The molecule has 2 rings (SSSR count). The molecule has 0 atom stereocenters. The van der Waals surface area contributed by atoms with E-state index in [9.17, 15) is 9.59 Å². The van der Waals surface area contributed by atoms with Crippen LogP contribution >= 0.6 is 0 Å². The fourth-order valence-corrected chi connectivity index (χ4v) is 2.08. The van der Waals surface area contributed by atoms with Crippen molar-refractivity contribution in [1.82, 2.24) is 15.1 Å². The standard InChI is InChI=1S/C15H17N3O2/c1-4-18(9-10(2)3)15(20)13-11-7-5-6-8-12(11)14(19)17-16-13/h5-8H,2,4,9H2,1,3H3,(H,17,19). The summed E-state index contributed by atoms with van der Waals surface area (Å²) in [6, 6.07) is 6.97. The van der Waals surface area contributed by atoms with Crippen LogP contribution in [-0.4, -0.2) is 34.1 Å². The number of nitrogens with one attached hydrogen (secondary N) is 1. The summed E-state index contributed by atoms with van der Waals surface area (Å²) < 4.78 is 0. The maximum atomic E-state index is 12.5. The van der Waals surface area contributed by atoms with Gasteiger partial charge in [0.05, 0.1) is 5.39 Å². The second kappa shape index (κ2) is 5.69. The van der Waals surface area contributed by atoms with Crippen LogP contribution in [0.4, 0.5) is 0 Å². The first-order valence-corrected chi connectivity index (χ1v) is 6.45. The first kappa shape index (κ1) is 14.0. The van der Waals surface area contributed by atoms with E-state index in [1.54, 1.807) is 29.2 Å². The van der Waals surface area contributed by atoms with E-state index in [2.05, 4.69) is 16.8 Å². The maximum absolute atomic E-state index is 12.5. The van der Waals surface area contributed by atoms with Crippen LogP contribution in [0.5, 0.6) is 0 Å². The second-order valence-electron chi connectivity index (χ2n) is 4.72. The van der Waals surface area contributed by atoms with Crippen LogP contribution in [0, 0.1) is 0 Å². The maximum Gasteiger partial charge on any atom is 0.275 e. The molecule has 0 bridgehead atoms. The topological polar surface area (TPSA) is 66.1 Å². The van der Waals surface area contributed by atoms with Gasteiger partial charge in [-0.3, -0.25) is 9.59 Å². The van der Waals surface area contributed by atoms with Crippen LogP contribution in [0.1, 0.15) is 24.3 Å². The molecule has 0 aliphatic rings. The molecule has 104 valence electrons. The van der Waals surface area contributed by atoms with Gasteiger partial charge in [-0.1, -0.05) is 30.4 Å². The van der Waals surface area contributed by atoms with Crippen molar-refractivity contribution in [2.75, 3.05) is 13.1 Å². The number of aromatic amines is 1. The molecule has 0 fully saturated rings. The van der Waals surface area contributed by atoms with Crippen LogP contribution < -0.4 is 5.56 Å². The molecule has 0 saturated carbocycles. The zero-order valence-electron chi connectivity index (χ0n) is 11.6. The smallest absolute Gasteiger partial charge is 0.275 e. The Kier molecular flexibility index (Phi) is 3.98. The van der Waals surface area contributed by atoms with Gasteiger partial charge >= 0.3 is 0 Å². The molecular weight excluding hydrogens is 254 g/mol. The highest BCUT2D eigenvalue weighted by Gasteiger charge is 2.19. The van der Waals surface area contributed by atoms with E-state index >= 15 is 0 Å². The molecule has 0 saturated heterocycles. The van der Waals surface area contributed by atoms with Gasteiger partial charge in [0.15, 0.2) is 5.69 Å². The number of fused-ring (bicyclic) bond motifs is 1. The average molecular weight is 271 g/mol. The Bertz CT molecular complexity index is 718. The predicted molar refractivity (Wildman–Crippen MR) is 78.8 cm³/mol. The summed E-state index contributed by atoms with van der Waals surface area (Å²) in [5.41, 5.74) is 0.873. The Morgan fingerprint density at radius 3 is 2.60 bits per heavy atom. The second-order valence-corrected chi connectivity index (χ2v) is 4.72. The number of amides is 1. The van der Waals surface area contributed by atoms with Gasteiger partial charge in [0.2, 0.25) is 0 Å². The Labute approximate surface area is 116 Å². The van der Waals surface area contributed by atoms with Crippen molar-refractivity contribution in [3.63, 3.8) is 0 Å². The number of likely N-dealkylation sites (N-methyl/N-ethyl adjacent to an activating group) is 1. The highest BCUT2D eigenvalue weighted by Crippen LogP contribution is 2.14. The molecule has 1 heterocycles. The highest BCUT2D eigenvalue weighted by molar-refractivity contribution is 6.04. The van der Waals surface area contributed by atoms with Gasteiger partial charge in [-0.05, 0) is 19.9 Å². The van der Waals surface area contributed by atoms with Crippen molar-refractivity contribution in [3.8, 4) is 0 Å². The normalized spacial score (nSPS) is 10.5. The summed E-state index contributed by atoms with van der Waals surface area (Å²) in [4.78, 5) is 25.9. The number of rotatable bonds is 4. The first-order valence-electron chi connectivity index (χ1n) is 6.45. The third-order valence-corrected chi connectivity index (χ3v) is 3.03. The largest absolute Gasteiger partial charge is 0.334 e. The number of H-pyrrole nitrogens is 1. The van der Waals surface area contributed by atoms with Crippen molar-refractivity contribution in [1.29, 1.82) is 0 Å². The van der Waals surface area contributed by atoms with Gasteiger partial charge in [-0.2, -0.15) is 5.10 Å². The minimum Gasteiger partial charge on any atom is -0.334 e. The summed E-state index contributed by atoms with van der Waals surface area (Å²) in [6.07, 6.45) is 0. The zero-order chi connectivity index (χ0) is 14.7. The molecule has 1 N–H and O–H groups in total. The fourth-order valence-electron chi connectivity index (χ4n) is 2.08. The molecule has 20 heavy (non-hydrogen) atoms. The van der Waals surface area contributed by atoms with Crippen LogP contribution in [0.15, 0.2) is 41.2 Å². The molecule has 2 aromatic rings. The van der Waals surface area contributed by atoms with Gasteiger partial charge in [-0.15, -0.1) is 0 Å². The van der Waals surface area contributed by atoms with E-state index in [-0.39, 0.29) is 17.2 Å². The van der Waals surface area contributed by atoms with E-state index in [4.69, 9.17) is 0 Å². The number of nitrogens with zero attached hydrogens (tertiary/aromatic N) is 2. The summed E-state index contributed by atoms with van der Waals surface area (Å²) in [5, 5.41) is 7.35. The minimum absolute atomic E-state index is 0.206. The van der Waals surface area contributed by atoms with E-state index in [0.717, 1.165) is 5.57 Å². The van der Waals surface area contributed by atoms with E-state index in [1.165, 1.54) is 0 Å². The SMILES string of the molecule is C=C(C)CN(CC)C(=O)c1n[nH]c(=O)c2ccccc12. The van der Waals surface area contributed by atoms with E-state index < -0.39 is 0 Å². The molecule has 1 aromatic carbocycles. The number of hydrogen-bond acceptors (Lipinski definition) is 3. The Balaban J connectivity index is 2.52.